The molecule has 1 aromatic carbocycles. The van der Waals surface area contributed by atoms with Gasteiger partial charge < -0.3 is 9.47 Å². The van der Waals surface area contributed by atoms with Crippen molar-refractivity contribution >= 4 is 15.9 Å². The van der Waals surface area contributed by atoms with E-state index in [0.29, 0.717) is 6.10 Å². The minimum Gasteiger partial charge on any atom is -0.497 e. The molecule has 0 atom stereocenters. The van der Waals surface area contributed by atoms with Gasteiger partial charge in [-0.05, 0) is 59.8 Å². The molecule has 0 N–H and O–H groups in total. The molecule has 0 radical (unpaired) electrons. The van der Waals surface area contributed by atoms with Gasteiger partial charge in [0.25, 0.3) is 0 Å². The van der Waals surface area contributed by atoms with Crippen LogP contribution in [0, 0.1) is 0 Å². The smallest absolute Gasteiger partial charge is 0.134 e. The maximum Gasteiger partial charge on any atom is 0.134 e. The number of methoxy groups -OCH3 is 1. The molecule has 2 nitrogen and oxygen atoms in total. The molecule has 0 heterocycles. The topological polar surface area (TPSA) is 18.5 Å². The average Bonchev–Trinajstić information content (AvgIpc) is 2.60. The van der Waals surface area contributed by atoms with Gasteiger partial charge in [0.15, 0.2) is 0 Å². The molecule has 0 saturated heterocycles. The fourth-order valence-electron chi connectivity index (χ4n) is 2.24. The van der Waals surface area contributed by atoms with Gasteiger partial charge in [-0.15, -0.1) is 0 Å². The third-order valence-corrected chi connectivity index (χ3v) is 3.85. The molecule has 0 spiro atoms. The van der Waals surface area contributed by atoms with Crippen molar-refractivity contribution in [2.75, 3.05) is 7.11 Å². The first kappa shape index (κ1) is 12.7. The highest BCUT2D eigenvalue weighted by Gasteiger charge is 2.15. The molecule has 17 heavy (non-hydrogen) atoms. The summed E-state index contributed by atoms with van der Waals surface area (Å²) in [4.78, 5) is 0. The zero-order valence-corrected chi connectivity index (χ0v) is 11.8. The third kappa shape index (κ3) is 3.63. The second-order valence-corrected chi connectivity index (χ2v) is 5.38. The number of rotatable bonds is 3. The van der Waals surface area contributed by atoms with Crippen LogP contribution in [0.1, 0.15) is 38.5 Å². The van der Waals surface area contributed by atoms with E-state index in [1.165, 1.54) is 38.5 Å². The normalized spacial score (nSPS) is 17.5. The molecule has 0 aliphatic heterocycles. The standard InChI is InChI=1S/C14H19BrO2/c1-16-12-8-9-14(13(15)10-12)17-11-6-4-2-3-5-7-11/h8-11H,2-7H2,1H3. The van der Waals surface area contributed by atoms with E-state index in [9.17, 15) is 0 Å². The van der Waals surface area contributed by atoms with Crippen LogP contribution in [0.15, 0.2) is 22.7 Å². The van der Waals surface area contributed by atoms with E-state index in [2.05, 4.69) is 15.9 Å². The second kappa shape index (κ2) is 6.29. The summed E-state index contributed by atoms with van der Waals surface area (Å²) in [6, 6.07) is 5.87. The molecular weight excluding hydrogens is 280 g/mol. The fourth-order valence-corrected chi connectivity index (χ4v) is 2.69. The maximum absolute atomic E-state index is 6.06. The lowest BCUT2D eigenvalue weighted by Gasteiger charge is -2.18. The van der Waals surface area contributed by atoms with Crippen molar-refractivity contribution < 1.29 is 9.47 Å². The molecule has 0 amide bonds. The molecule has 1 aliphatic carbocycles. The van der Waals surface area contributed by atoms with Crippen molar-refractivity contribution in [1.29, 1.82) is 0 Å². The van der Waals surface area contributed by atoms with Gasteiger partial charge in [-0.25, -0.2) is 0 Å². The van der Waals surface area contributed by atoms with E-state index in [1.54, 1.807) is 7.11 Å². The first-order chi connectivity index (χ1) is 8.29. The van der Waals surface area contributed by atoms with Gasteiger partial charge in [-0.2, -0.15) is 0 Å². The fraction of sp³-hybridized carbons (Fsp3) is 0.571. The van der Waals surface area contributed by atoms with Crippen LogP contribution < -0.4 is 9.47 Å². The molecule has 1 fully saturated rings. The summed E-state index contributed by atoms with van der Waals surface area (Å²) >= 11 is 3.53. The Morgan fingerprint density at radius 2 is 1.82 bits per heavy atom. The Labute approximate surface area is 111 Å². The second-order valence-electron chi connectivity index (χ2n) is 4.53. The Morgan fingerprint density at radius 1 is 1.12 bits per heavy atom. The lowest BCUT2D eigenvalue weighted by Crippen LogP contribution is -2.15. The highest BCUT2D eigenvalue weighted by atomic mass is 79.9. The Morgan fingerprint density at radius 3 is 2.41 bits per heavy atom. The van der Waals surface area contributed by atoms with Crippen LogP contribution >= 0.6 is 15.9 Å². The first-order valence-corrected chi connectivity index (χ1v) is 7.09. The average molecular weight is 299 g/mol. The summed E-state index contributed by atoms with van der Waals surface area (Å²) < 4.78 is 12.2. The zero-order valence-electron chi connectivity index (χ0n) is 10.2. The number of halogens is 1. The van der Waals surface area contributed by atoms with Gasteiger partial charge in [-0.1, -0.05) is 12.8 Å². The number of benzene rings is 1. The molecule has 2 rings (SSSR count). The van der Waals surface area contributed by atoms with Crippen molar-refractivity contribution in [2.45, 2.75) is 44.6 Å². The van der Waals surface area contributed by atoms with Crippen molar-refractivity contribution in [3.63, 3.8) is 0 Å². The lowest BCUT2D eigenvalue weighted by molar-refractivity contribution is 0.182. The van der Waals surface area contributed by atoms with Gasteiger partial charge in [0, 0.05) is 0 Å². The quantitative estimate of drug-likeness (QED) is 0.762. The Balaban J connectivity index is 2.01. The zero-order chi connectivity index (χ0) is 12.1. The first-order valence-electron chi connectivity index (χ1n) is 6.30. The van der Waals surface area contributed by atoms with Gasteiger partial charge in [-0.3, -0.25) is 0 Å². The monoisotopic (exact) mass is 298 g/mol. The van der Waals surface area contributed by atoms with Gasteiger partial charge in [0.1, 0.15) is 11.5 Å². The van der Waals surface area contributed by atoms with E-state index < -0.39 is 0 Å². The number of hydrogen-bond donors (Lipinski definition) is 0. The minimum atomic E-state index is 0.377. The largest absolute Gasteiger partial charge is 0.497 e. The molecule has 1 aromatic rings. The van der Waals surface area contributed by atoms with Crippen molar-refractivity contribution in [3.05, 3.63) is 22.7 Å². The van der Waals surface area contributed by atoms with E-state index >= 15 is 0 Å². The Bertz CT molecular complexity index is 357. The SMILES string of the molecule is COc1ccc(OC2CCCCCC2)c(Br)c1. The van der Waals surface area contributed by atoms with Crippen LogP contribution in [-0.2, 0) is 0 Å². The molecule has 0 unspecified atom stereocenters. The van der Waals surface area contributed by atoms with Gasteiger partial charge >= 0.3 is 0 Å². The van der Waals surface area contributed by atoms with Crippen molar-refractivity contribution in [2.24, 2.45) is 0 Å². The predicted octanol–water partition coefficient (Wildman–Crippen LogP) is 4.56. The minimum absolute atomic E-state index is 0.377. The van der Waals surface area contributed by atoms with Crippen molar-refractivity contribution in [3.8, 4) is 11.5 Å². The predicted molar refractivity (Wildman–Crippen MR) is 72.8 cm³/mol. The van der Waals surface area contributed by atoms with Crippen LogP contribution in [0.3, 0.4) is 0 Å². The summed E-state index contributed by atoms with van der Waals surface area (Å²) in [5, 5.41) is 0. The van der Waals surface area contributed by atoms with Crippen LogP contribution in [0.5, 0.6) is 11.5 Å². The van der Waals surface area contributed by atoms with Gasteiger partial charge in [0.05, 0.1) is 17.7 Å². The summed E-state index contributed by atoms with van der Waals surface area (Å²) in [6.45, 7) is 0. The highest BCUT2D eigenvalue weighted by molar-refractivity contribution is 9.10. The maximum atomic E-state index is 6.06. The van der Waals surface area contributed by atoms with E-state index in [4.69, 9.17) is 9.47 Å². The molecule has 94 valence electrons. The molecule has 3 heteroatoms. The molecular formula is C14H19BrO2. The number of ether oxygens (including phenoxy) is 2. The summed E-state index contributed by atoms with van der Waals surface area (Å²) in [6.07, 6.45) is 8.02. The summed E-state index contributed by atoms with van der Waals surface area (Å²) in [5.41, 5.74) is 0. The van der Waals surface area contributed by atoms with E-state index in [0.717, 1.165) is 16.0 Å². The van der Waals surface area contributed by atoms with Crippen LogP contribution in [-0.4, -0.2) is 13.2 Å². The van der Waals surface area contributed by atoms with Crippen LogP contribution in [0.25, 0.3) is 0 Å². The van der Waals surface area contributed by atoms with Crippen molar-refractivity contribution in [1.82, 2.24) is 0 Å². The van der Waals surface area contributed by atoms with E-state index in [1.807, 2.05) is 18.2 Å². The molecule has 1 aliphatic rings. The van der Waals surface area contributed by atoms with Gasteiger partial charge in [0.2, 0.25) is 0 Å². The highest BCUT2D eigenvalue weighted by Crippen LogP contribution is 2.31. The van der Waals surface area contributed by atoms with Crippen LogP contribution in [0.4, 0.5) is 0 Å². The number of hydrogen-bond acceptors (Lipinski definition) is 2. The lowest BCUT2D eigenvalue weighted by atomic mass is 10.1. The van der Waals surface area contributed by atoms with Crippen LogP contribution in [0.2, 0.25) is 0 Å². The third-order valence-electron chi connectivity index (χ3n) is 3.23. The molecule has 0 aromatic heterocycles. The molecule has 1 saturated carbocycles. The summed E-state index contributed by atoms with van der Waals surface area (Å²) in [5.74, 6) is 1.78. The summed E-state index contributed by atoms with van der Waals surface area (Å²) in [7, 11) is 1.67. The Hall–Kier alpha value is -0.700. The Kier molecular flexibility index (Phi) is 4.72. The van der Waals surface area contributed by atoms with E-state index in [-0.39, 0.29) is 0 Å². The molecule has 0 bridgehead atoms.